The molecular formula is C24H33F4N3O. The first kappa shape index (κ1) is 29.0. The van der Waals surface area contributed by atoms with Gasteiger partial charge in [0, 0.05) is 18.9 Å². The molecule has 1 aromatic carbocycles. The first-order valence-corrected chi connectivity index (χ1v) is 10.2. The summed E-state index contributed by atoms with van der Waals surface area (Å²) in [5, 5.41) is 0.687. The van der Waals surface area contributed by atoms with E-state index in [0.29, 0.717) is 36.0 Å². The van der Waals surface area contributed by atoms with Crippen molar-refractivity contribution in [3.63, 3.8) is 0 Å². The van der Waals surface area contributed by atoms with Crippen LogP contribution in [-0.2, 0) is 6.54 Å². The van der Waals surface area contributed by atoms with Crippen LogP contribution < -0.4 is 15.8 Å². The molecule has 1 aromatic heterocycles. The Hall–Kier alpha value is -3.03. The van der Waals surface area contributed by atoms with E-state index in [-0.39, 0.29) is 5.75 Å². The van der Waals surface area contributed by atoms with Crippen LogP contribution in [0.25, 0.3) is 0 Å². The number of hydrogen-bond acceptors (Lipinski definition) is 3. The fourth-order valence-corrected chi connectivity index (χ4v) is 2.15. The second-order valence-electron chi connectivity index (χ2n) is 6.77. The van der Waals surface area contributed by atoms with Crippen molar-refractivity contribution in [2.45, 2.75) is 53.9 Å². The third kappa shape index (κ3) is 13.3. The fourth-order valence-electron chi connectivity index (χ4n) is 2.15. The van der Waals surface area contributed by atoms with E-state index in [0.717, 1.165) is 5.57 Å². The van der Waals surface area contributed by atoms with E-state index in [9.17, 15) is 17.6 Å². The summed E-state index contributed by atoms with van der Waals surface area (Å²) in [4.78, 5) is 4.43. The Balaban J connectivity index is 0.00000121. The molecule has 1 heterocycles. The summed E-state index contributed by atoms with van der Waals surface area (Å²) < 4.78 is 53.1. The van der Waals surface area contributed by atoms with Crippen molar-refractivity contribution < 1.29 is 22.3 Å². The highest BCUT2D eigenvalue weighted by molar-refractivity contribution is 5.34. The normalized spacial score (nSPS) is 12.0. The maximum atomic E-state index is 12.3. The van der Waals surface area contributed by atoms with E-state index in [2.05, 4.69) is 23.6 Å². The summed E-state index contributed by atoms with van der Waals surface area (Å²) in [5.41, 5.74) is 8.32. The zero-order chi connectivity index (χ0) is 24.6. The third-order valence-corrected chi connectivity index (χ3v) is 3.64. The van der Waals surface area contributed by atoms with Gasteiger partial charge in [-0.2, -0.15) is 0 Å². The van der Waals surface area contributed by atoms with Crippen LogP contribution in [0.3, 0.4) is 0 Å². The number of allylic oxidation sites excluding steroid dienone is 2. The van der Waals surface area contributed by atoms with Crippen molar-refractivity contribution in [2.75, 3.05) is 12.3 Å². The van der Waals surface area contributed by atoms with Crippen LogP contribution in [-0.4, -0.2) is 17.5 Å². The maximum absolute atomic E-state index is 12.3. The molecular weight excluding hydrogens is 422 g/mol. The molecule has 0 radical (unpaired) electrons. The predicted octanol–water partition coefficient (Wildman–Crippen LogP) is 6.79. The molecule has 0 atom stereocenters. The van der Waals surface area contributed by atoms with Crippen LogP contribution in [0.15, 0.2) is 71.8 Å². The van der Waals surface area contributed by atoms with Gasteiger partial charge in [0.25, 0.3) is 0 Å². The zero-order valence-corrected chi connectivity index (χ0v) is 19.3. The van der Waals surface area contributed by atoms with E-state index in [4.69, 9.17) is 5.73 Å². The van der Waals surface area contributed by atoms with Crippen molar-refractivity contribution in [3.05, 3.63) is 77.7 Å². The van der Waals surface area contributed by atoms with E-state index in [1.165, 1.54) is 30.7 Å². The average molecular weight is 456 g/mol. The Kier molecular flexibility index (Phi) is 14.2. The summed E-state index contributed by atoms with van der Waals surface area (Å²) in [6, 6.07) is 7.64. The van der Waals surface area contributed by atoms with Crippen LogP contribution in [0, 0.1) is 0 Å². The standard InChI is InChI=1S/C18H20F3N3O.C3H5F.C3H8/c1-3-13(2)10-23-17-7-8-24(12-16(17)22)11-14-5-4-6-15(9-14)25-18(19,20)21;1-2-3-4;1-3-2/h3-9,12H,10-11,22H2,1-2H3;2-3H,1H3;3H2,1-2H3/b13-3+,23-17?;3-2+;. The molecule has 0 aliphatic rings. The van der Waals surface area contributed by atoms with Gasteiger partial charge in [0.15, 0.2) is 0 Å². The second kappa shape index (κ2) is 15.7. The highest BCUT2D eigenvalue weighted by atomic mass is 19.4. The summed E-state index contributed by atoms with van der Waals surface area (Å²) in [7, 11) is 0. The zero-order valence-electron chi connectivity index (χ0n) is 19.3. The molecule has 0 bridgehead atoms. The number of anilines is 1. The molecule has 0 fully saturated rings. The van der Waals surface area contributed by atoms with Crippen LogP contribution >= 0.6 is 0 Å². The lowest BCUT2D eigenvalue weighted by molar-refractivity contribution is -0.274. The molecule has 32 heavy (non-hydrogen) atoms. The Morgan fingerprint density at radius 1 is 1.19 bits per heavy atom. The van der Waals surface area contributed by atoms with Crippen LogP contribution in [0.2, 0.25) is 0 Å². The van der Waals surface area contributed by atoms with Crippen molar-refractivity contribution in [1.82, 2.24) is 4.57 Å². The van der Waals surface area contributed by atoms with Gasteiger partial charge in [-0.3, -0.25) is 4.99 Å². The topological polar surface area (TPSA) is 52.5 Å². The van der Waals surface area contributed by atoms with Gasteiger partial charge >= 0.3 is 6.36 Å². The largest absolute Gasteiger partial charge is 0.573 e. The molecule has 0 saturated heterocycles. The Labute approximate surface area is 187 Å². The van der Waals surface area contributed by atoms with E-state index in [1.54, 1.807) is 36.0 Å². The minimum atomic E-state index is -4.70. The van der Waals surface area contributed by atoms with Crippen LogP contribution in [0.1, 0.15) is 46.6 Å². The SMILES string of the molecule is C/C=C(\C)CN=c1ccn(Cc2cccc(OC(F)(F)F)c2)cc1N.C/C=C/F.CCC. The van der Waals surface area contributed by atoms with Crippen LogP contribution in [0.5, 0.6) is 5.75 Å². The minimum Gasteiger partial charge on any atom is -0.406 e. The smallest absolute Gasteiger partial charge is 0.406 e. The molecule has 178 valence electrons. The number of ether oxygens (including phenoxy) is 1. The second-order valence-corrected chi connectivity index (χ2v) is 6.77. The number of nitrogens with zero attached hydrogens (tertiary/aromatic N) is 2. The Morgan fingerprint density at radius 2 is 1.81 bits per heavy atom. The number of rotatable bonds is 5. The lowest BCUT2D eigenvalue weighted by atomic mass is 10.2. The quantitative estimate of drug-likeness (QED) is 0.399. The number of nitrogen functional groups attached to an aromatic ring is 1. The molecule has 2 aromatic rings. The average Bonchev–Trinajstić information content (AvgIpc) is 2.72. The summed E-state index contributed by atoms with van der Waals surface area (Å²) in [6.07, 6.45) is 3.86. The molecule has 8 heteroatoms. The first-order chi connectivity index (χ1) is 15.1. The van der Waals surface area contributed by atoms with Gasteiger partial charge in [0.2, 0.25) is 0 Å². The third-order valence-electron chi connectivity index (χ3n) is 3.64. The highest BCUT2D eigenvalue weighted by Crippen LogP contribution is 2.23. The minimum absolute atomic E-state index is 0.243. The predicted molar refractivity (Wildman–Crippen MR) is 123 cm³/mol. The number of benzene rings is 1. The van der Waals surface area contributed by atoms with E-state index >= 15 is 0 Å². The number of nitrogens with two attached hydrogens (primary N) is 1. The van der Waals surface area contributed by atoms with Crippen molar-refractivity contribution in [2.24, 2.45) is 4.99 Å². The molecule has 2 N–H and O–H groups in total. The molecule has 0 amide bonds. The number of hydrogen-bond donors (Lipinski definition) is 1. The molecule has 0 spiro atoms. The van der Waals surface area contributed by atoms with E-state index in [1.807, 2.05) is 19.9 Å². The molecule has 0 aliphatic carbocycles. The van der Waals surface area contributed by atoms with Crippen molar-refractivity contribution in [3.8, 4) is 5.75 Å². The van der Waals surface area contributed by atoms with Crippen LogP contribution in [0.4, 0.5) is 23.2 Å². The summed E-state index contributed by atoms with van der Waals surface area (Å²) in [5.74, 6) is -0.243. The molecule has 0 aliphatic heterocycles. The number of pyridine rings is 1. The van der Waals surface area contributed by atoms with Gasteiger partial charge < -0.3 is 15.0 Å². The van der Waals surface area contributed by atoms with Crippen molar-refractivity contribution in [1.29, 1.82) is 0 Å². The molecule has 4 nitrogen and oxygen atoms in total. The molecule has 0 unspecified atom stereocenters. The van der Waals surface area contributed by atoms with Gasteiger partial charge in [-0.1, -0.05) is 50.1 Å². The van der Waals surface area contributed by atoms with Crippen molar-refractivity contribution >= 4 is 5.69 Å². The summed E-state index contributed by atoms with van der Waals surface area (Å²) in [6.45, 7) is 10.7. The van der Waals surface area contributed by atoms with Gasteiger partial charge in [0.05, 0.1) is 23.9 Å². The monoisotopic (exact) mass is 455 g/mol. The van der Waals surface area contributed by atoms with Gasteiger partial charge in [-0.05, 0) is 44.5 Å². The highest BCUT2D eigenvalue weighted by Gasteiger charge is 2.31. The number of alkyl halides is 3. The maximum Gasteiger partial charge on any atom is 0.573 e. The van der Waals surface area contributed by atoms with Gasteiger partial charge in [-0.25, -0.2) is 4.39 Å². The first-order valence-electron chi connectivity index (χ1n) is 10.2. The van der Waals surface area contributed by atoms with E-state index < -0.39 is 6.36 Å². The fraction of sp³-hybridized carbons (Fsp3) is 0.375. The number of aromatic nitrogens is 1. The lowest BCUT2D eigenvalue weighted by Crippen LogP contribution is -2.17. The lowest BCUT2D eigenvalue weighted by Gasteiger charge is -2.11. The Morgan fingerprint density at radius 3 is 2.31 bits per heavy atom. The number of halogens is 4. The molecule has 2 rings (SSSR count). The Bertz CT molecular complexity index is 912. The van der Waals surface area contributed by atoms with Gasteiger partial charge in [-0.15, -0.1) is 13.2 Å². The van der Waals surface area contributed by atoms with Gasteiger partial charge in [0.1, 0.15) is 5.75 Å². The molecule has 0 saturated carbocycles. The summed E-state index contributed by atoms with van der Waals surface area (Å²) >= 11 is 0.